The topological polar surface area (TPSA) is 32.3 Å². The van der Waals surface area contributed by atoms with Crippen LogP contribution in [-0.4, -0.2) is 24.0 Å². The molecule has 1 aliphatic heterocycles. The van der Waals surface area contributed by atoms with Gasteiger partial charge < -0.3 is 10.2 Å². The minimum atomic E-state index is 0.0461. The molecule has 2 unspecified atom stereocenters. The van der Waals surface area contributed by atoms with Crippen LogP contribution in [0.15, 0.2) is 30.3 Å². The summed E-state index contributed by atoms with van der Waals surface area (Å²) in [4.78, 5) is 14.5. The molecule has 0 spiro atoms. The van der Waals surface area contributed by atoms with Crippen LogP contribution in [0.2, 0.25) is 0 Å². The highest BCUT2D eigenvalue weighted by Crippen LogP contribution is 2.55. The van der Waals surface area contributed by atoms with Crippen LogP contribution < -0.4 is 5.32 Å². The molecule has 1 aliphatic carbocycles. The molecule has 2 atom stereocenters. The number of anilines is 1. The zero-order valence-electron chi connectivity index (χ0n) is 12.6. The van der Waals surface area contributed by atoms with Crippen LogP contribution in [0.1, 0.15) is 33.6 Å². The molecule has 1 N–H and O–H groups in total. The first-order valence-electron chi connectivity index (χ1n) is 7.49. The number of hydrogen-bond acceptors (Lipinski definition) is 1. The summed E-state index contributed by atoms with van der Waals surface area (Å²) in [7, 11) is 0. The van der Waals surface area contributed by atoms with Gasteiger partial charge in [-0.3, -0.25) is 0 Å². The molecule has 1 saturated carbocycles. The van der Waals surface area contributed by atoms with E-state index in [9.17, 15) is 4.79 Å². The Balaban J connectivity index is 1.72. The average molecular weight is 272 g/mol. The van der Waals surface area contributed by atoms with E-state index < -0.39 is 0 Å². The lowest BCUT2D eigenvalue weighted by atomic mass is 9.82. The molecule has 2 aliphatic rings. The minimum absolute atomic E-state index is 0.0461. The summed E-state index contributed by atoms with van der Waals surface area (Å²) in [5, 5.41) is 3.01. The van der Waals surface area contributed by atoms with Crippen molar-refractivity contribution in [2.45, 2.75) is 33.6 Å². The van der Waals surface area contributed by atoms with Gasteiger partial charge in [0.2, 0.25) is 0 Å². The highest BCUT2D eigenvalue weighted by molar-refractivity contribution is 5.89. The fourth-order valence-corrected chi connectivity index (χ4v) is 4.29. The Bertz CT molecular complexity index is 511. The quantitative estimate of drug-likeness (QED) is 0.824. The standard InChI is InChI=1S/C17H24N2O/c1-16(2)11-17(3)9-13(16)10-19(12-17)15(20)18-14-7-5-4-6-8-14/h4-8,13H,9-12H2,1-3H3,(H,18,20). The molecule has 108 valence electrons. The van der Waals surface area contributed by atoms with Gasteiger partial charge in [0.05, 0.1) is 0 Å². The Morgan fingerprint density at radius 3 is 2.60 bits per heavy atom. The predicted molar refractivity (Wildman–Crippen MR) is 81.6 cm³/mol. The Morgan fingerprint density at radius 2 is 1.95 bits per heavy atom. The van der Waals surface area contributed by atoms with E-state index in [1.54, 1.807) is 0 Å². The lowest BCUT2D eigenvalue weighted by Gasteiger charge is -2.38. The summed E-state index contributed by atoms with van der Waals surface area (Å²) in [6, 6.07) is 9.76. The molecule has 1 aromatic rings. The lowest BCUT2D eigenvalue weighted by molar-refractivity contribution is 0.125. The number of carbonyl (C=O) groups is 1. The van der Waals surface area contributed by atoms with Crippen LogP contribution >= 0.6 is 0 Å². The van der Waals surface area contributed by atoms with Crippen LogP contribution in [0, 0.1) is 16.7 Å². The largest absolute Gasteiger partial charge is 0.324 e. The average Bonchev–Trinajstić information content (AvgIpc) is 2.54. The summed E-state index contributed by atoms with van der Waals surface area (Å²) >= 11 is 0. The maximum absolute atomic E-state index is 12.5. The number of carbonyl (C=O) groups excluding carboxylic acids is 1. The van der Waals surface area contributed by atoms with Crippen LogP contribution in [0.3, 0.4) is 0 Å². The maximum Gasteiger partial charge on any atom is 0.321 e. The number of hydrogen-bond donors (Lipinski definition) is 1. The number of para-hydroxylation sites is 1. The van der Waals surface area contributed by atoms with Crippen molar-refractivity contribution in [1.82, 2.24) is 4.90 Å². The first kappa shape index (κ1) is 13.5. The van der Waals surface area contributed by atoms with E-state index in [0.717, 1.165) is 18.8 Å². The molecule has 3 nitrogen and oxygen atoms in total. The van der Waals surface area contributed by atoms with Gasteiger partial charge in [0, 0.05) is 18.8 Å². The van der Waals surface area contributed by atoms with Crippen molar-refractivity contribution in [3.05, 3.63) is 30.3 Å². The number of nitrogens with one attached hydrogen (secondary N) is 1. The molecule has 1 saturated heterocycles. The highest BCUT2D eigenvalue weighted by Gasteiger charge is 2.52. The number of urea groups is 1. The van der Waals surface area contributed by atoms with Gasteiger partial charge in [0.15, 0.2) is 0 Å². The number of rotatable bonds is 1. The third kappa shape index (κ3) is 2.41. The summed E-state index contributed by atoms with van der Waals surface area (Å²) in [5.41, 5.74) is 1.52. The van der Waals surface area contributed by atoms with Gasteiger partial charge in [-0.2, -0.15) is 0 Å². The normalized spacial score (nSPS) is 31.1. The third-order valence-electron chi connectivity index (χ3n) is 5.05. The minimum Gasteiger partial charge on any atom is -0.324 e. The van der Waals surface area contributed by atoms with E-state index in [0.29, 0.717) is 16.7 Å². The van der Waals surface area contributed by atoms with Crippen molar-refractivity contribution in [1.29, 1.82) is 0 Å². The molecule has 20 heavy (non-hydrogen) atoms. The van der Waals surface area contributed by atoms with Crippen molar-refractivity contribution in [3.63, 3.8) is 0 Å². The van der Waals surface area contributed by atoms with Crippen molar-refractivity contribution < 1.29 is 4.79 Å². The van der Waals surface area contributed by atoms with Gasteiger partial charge in [-0.15, -0.1) is 0 Å². The predicted octanol–water partition coefficient (Wildman–Crippen LogP) is 3.98. The Morgan fingerprint density at radius 1 is 1.25 bits per heavy atom. The molecule has 3 rings (SSSR count). The molecule has 3 heteroatoms. The van der Waals surface area contributed by atoms with Gasteiger partial charge >= 0.3 is 6.03 Å². The third-order valence-corrected chi connectivity index (χ3v) is 5.05. The van der Waals surface area contributed by atoms with E-state index in [1.807, 2.05) is 35.2 Å². The van der Waals surface area contributed by atoms with Gasteiger partial charge in [-0.1, -0.05) is 39.0 Å². The molecular formula is C17H24N2O. The van der Waals surface area contributed by atoms with Gasteiger partial charge in [-0.05, 0) is 41.7 Å². The van der Waals surface area contributed by atoms with Crippen LogP contribution in [0.5, 0.6) is 0 Å². The van der Waals surface area contributed by atoms with Crippen molar-refractivity contribution in [2.75, 3.05) is 18.4 Å². The Kier molecular flexibility index (Phi) is 3.03. The van der Waals surface area contributed by atoms with Crippen molar-refractivity contribution in [3.8, 4) is 0 Å². The second kappa shape index (κ2) is 4.51. The number of piperidine rings is 1. The van der Waals surface area contributed by atoms with Crippen LogP contribution in [0.25, 0.3) is 0 Å². The molecule has 0 radical (unpaired) electrons. The van der Waals surface area contributed by atoms with E-state index in [4.69, 9.17) is 0 Å². The monoisotopic (exact) mass is 272 g/mol. The van der Waals surface area contributed by atoms with Crippen LogP contribution in [-0.2, 0) is 0 Å². The Labute approximate surface area is 121 Å². The molecule has 0 aromatic heterocycles. The summed E-state index contributed by atoms with van der Waals surface area (Å²) in [5.74, 6) is 0.628. The SMILES string of the molecule is CC12CC(CN(C(=O)Nc3ccccc3)C1)C(C)(C)C2. The lowest BCUT2D eigenvalue weighted by Crippen LogP contribution is -2.47. The van der Waals surface area contributed by atoms with Gasteiger partial charge in [0.25, 0.3) is 0 Å². The van der Waals surface area contributed by atoms with E-state index >= 15 is 0 Å². The first-order chi connectivity index (χ1) is 9.38. The van der Waals surface area contributed by atoms with Gasteiger partial charge in [0.1, 0.15) is 0 Å². The van der Waals surface area contributed by atoms with E-state index in [1.165, 1.54) is 12.8 Å². The smallest absolute Gasteiger partial charge is 0.321 e. The van der Waals surface area contributed by atoms with Gasteiger partial charge in [-0.25, -0.2) is 4.79 Å². The molecule has 1 aromatic carbocycles. The molecule has 1 heterocycles. The number of likely N-dealkylation sites (tertiary alicyclic amines) is 1. The number of benzene rings is 1. The van der Waals surface area contributed by atoms with Crippen molar-refractivity contribution >= 4 is 11.7 Å². The second-order valence-electron chi connectivity index (χ2n) is 7.55. The van der Waals surface area contributed by atoms with Crippen LogP contribution in [0.4, 0.5) is 10.5 Å². The fourth-order valence-electron chi connectivity index (χ4n) is 4.29. The number of amides is 2. The first-order valence-corrected chi connectivity index (χ1v) is 7.49. The maximum atomic E-state index is 12.5. The Hall–Kier alpha value is -1.51. The molecule has 2 amide bonds. The zero-order chi connectivity index (χ0) is 14.4. The summed E-state index contributed by atoms with van der Waals surface area (Å²) in [6.45, 7) is 8.80. The number of nitrogens with zero attached hydrogens (tertiary/aromatic N) is 1. The molecular weight excluding hydrogens is 248 g/mol. The summed E-state index contributed by atoms with van der Waals surface area (Å²) < 4.78 is 0. The molecule has 2 fully saturated rings. The summed E-state index contributed by atoms with van der Waals surface area (Å²) in [6.07, 6.45) is 2.48. The fraction of sp³-hybridized carbons (Fsp3) is 0.588. The van der Waals surface area contributed by atoms with E-state index in [-0.39, 0.29) is 6.03 Å². The number of fused-ring (bicyclic) bond motifs is 2. The molecule has 2 bridgehead atoms. The second-order valence-corrected chi connectivity index (χ2v) is 7.55. The zero-order valence-corrected chi connectivity index (χ0v) is 12.6. The highest BCUT2D eigenvalue weighted by atomic mass is 16.2. The van der Waals surface area contributed by atoms with E-state index in [2.05, 4.69) is 26.1 Å². The van der Waals surface area contributed by atoms with Crippen molar-refractivity contribution in [2.24, 2.45) is 16.7 Å².